The van der Waals surface area contributed by atoms with Crippen LogP contribution in [0, 0.1) is 5.82 Å². The molecule has 0 amide bonds. The maximum atomic E-state index is 14.2. The van der Waals surface area contributed by atoms with Crippen molar-refractivity contribution in [3.05, 3.63) is 63.9 Å². The number of benzene rings is 2. The number of hydrogen-bond donors (Lipinski definition) is 1. The van der Waals surface area contributed by atoms with Gasteiger partial charge in [-0.3, -0.25) is 0 Å². The van der Waals surface area contributed by atoms with E-state index in [0.29, 0.717) is 15.6 Å². The van der Waals surface area contributed by atoms with E-state index in [-0.39, 0.29) is 22.6 Å². The Morgan fingerprint density at radius 2 is 1.79 bits per heavy atom. The SMILES string of the molecule is NS(=O)(=O)c1ccc(C2=C(c3ccc(Br)cc3F)C(=O)OC2)cc1. The number of primary sulfonamides is 1. The fourth-order valence-electron chi connectivity index (χ4n) is 2.44. The molecule has 1 heterocycles. The molecule has 3 rings (SSSR count). The highest BCUT2D eigenvalue weighted by molar-refractivity contribution is 9.10. The third kappa shape index (κ3) is 3.12. The molecule has 0 unspecified atom stereocenters. The van der Waals surface area contributed by atoms with Gasteiger partial charge in [0.15, 0.2) is 0 Å². The molecule has 8 heteroatoms. The summed E-state index contributed by atoms with van der Waals surface area (Å²) in [6.07, 6.45) is 0. The van der Waals surface area contributed by atoms with Gasteiger partial charge in [-0.15, -0.1) is 0 Å². The van der Waals surface area contributed by atoms with Crippen LogP contribution in [0.3, 0.4) is 0 Å². The van der Waals surface area contributed by atoms with Crippen LogP contribution in [-0.2, 0) is 19.6 Å². The second-order valence-corrected chi connectivity index (χ2v) is 7.60. The molecular weight excluding hydrogens is 401 g/mol. The predicted octanol–water partition coefficient (Wildman–Crippen LogP) is 2.70. The second kappa shape index (κ2) is 6.12. The van der Waals surface area contributed by atoms with Crippen LogP contribution in [0.15, 0.2) is 51.8 Å². The molecule has 5 nitrogen and oxygen atoms in total. The van der Waals surface area contributed by atoms with Crippen molar-refractivity contribution < 1.29 is 22.3 Å². The molecule has 0 spiro atoms. The van der Waals surface area contributed by atoms with Crippen LogP contribution < -0.4 is 5.14 Å². The average Bonchev–Trinajstić information content (AvgIpc) is 2.88. The fraction of sp³-hybridized carbons (Fsp3) is 0.0625. The lowest BCUT2D eigenvalue weighted by molar-refractivity contribution is -0.133. The minimum atomic E-state index is -3.81. The van der Waals surface area contributed by atoms with Gasteiger partial charge < -0.3 is 4.74 Å². The zero-order valence-corrected chi connectivity index (χ0v) is 14.5. The highest BCUT2D eigenvalue weighted by atomic mass is 79.9. The lowest BCUT2D eigenvalue weighted by Gasteiger charge is -2.07. The molecule has 24 heavy (non-hydrogen) atoms. The van der Waals surface area contributed by atoms with Crippen LogP contribution >= 0.6 is 15.9 Å². The van der Waals surface area contributed by atoms with E-state index in [4.69, 9.17) is 9.88 Å². The molecule has 0 atom stereocenters. The quantitative estimate of drug-likeness (QED) is 0.786. The van der Waals surface area contributed by atoms with Crippen molar-refractivity contribution in [1.82, 2.24) is 0 Å². The van der Waals surface area contributed by atoms with Crippen molar-refractivity contribution >= 4 is 43.1 Å². The van der Waals surface area contributed by atoms with Crippen LogP contribution in [0.25, 0.3) is 11.1 Å². The number of sulfonamides is 1. The molecule has 2 N–H and O–H groups in total. The van der Waals surface area contributed by atoms with Gasteiger partial charge in [-0.25, -0.2) is 22.7 Å². The fourth-order valence-corrected chi connectivity index (χ4v) is 3.29. The summed E-state index contributed by atoms with van der Waals surface area (Å²) in [6, 6.07) is 10.0. The molecule has 0 saturated carbocycles. The van der Waals surface area contributed by atoms with Gasteiger partial charge in [-0.2, -0.15) is 0 Å². The first kappa shape index (κ1) is 16.8. The Morgan fingerprint density at radius 3 is 2.38 bits per heavy atom. The lowest BCUT2D eigenvalue weighted by Crippen LogP contribution is -2.11. The largest absolute Gasteiger partial charge is 0.457 e. The number of carbonyl (C=O) groups is 1. The second-order valence-electron chi connectivity index (χ2n) is 5.12. The summed E-state index contributed by atoms with van der Waals surface area (Å²) in [6.45, 7) is -0.0155. The molecule has 2 aromatic rings. The normalized spacial score (nSPS) is 14.9. The number of nitrogens with two attached hydrogens (primary N) is 1. The number of rotatable bonds is 3. The molecule has 0 aliphatic carbocycles. The Morgan fingerprint density at radius 1 is 1.12 bits per heavy atom. The smallest absolute Gasteiger partial charge is 0.339 e. The van der Waals surface area contributed by atoms with E-state index in [9.17, 15) is 17.6 Å². The average molecular weight is 412 g/mol. The van der Waals surface area contributed by atoms with Crippen molar-refractivity contribution in [2.24, 2.45) is 5.14 Å². The van der Waals surface area contributed by atoms with E-state index >= 15 is 0 Å². The standard InChI is InChI=1S/C16H11BrFNO4S/c17-10-3-6-12(14(18)7-10)15-13(8-23-16(15)20)9-1-4-11(5-2-9)24(19,21)22/h1-7H,8H2,(H2,19,21,22). The lowest BCUT2D eigenvalue weighted by atomic mass is 9.96. The number of halogens is 2. The first-order valence-corrected chi connectivity index (χ1v) is 9.10. The van der Waals surface area contributed by atoms with Gasteiger partial charge in [0.25, 0.3) is 0 Å². The first-order valence-electron chi connectivity index (χ1n) is 6.76. The summed E-state index contributed by atoms with van der Waals surface area (Å²) < 4.78 is 42.4. The maximum absolute atomic E-state index is 14.2. The molecule has 1 aliphatic rings. The van der Waals surface area contributed by atoms with Gasteiger partial charge in [0.1, 0.15) is 12.4 Å². The number of esters is 1. The molecule has 0 aromatic heterocycles. The van der Waals surface area contributed by atoms with Crippen molar-refractivity contribution in [2.75, 3.05) is 6.61 Å². The van der Waals surface area contributed by atoms with Crippen LogP contribution in [-0.4, -0.2) is 21.0 Å². The van der Waals surface area contributed by atoms with Gasteiger partial charge >= 0.3 is 5.97 Å². The minimum Gasteiger partial charge on any atom is -0.457 e. The first-order chi connectivity index (χ1) is 11.3. The van der Waals surface area contributed by atoms with E-state index in [1.54, 1.807) is 6.07 Å². The highest BCUT2D eigenvalue weighted by Crippen LogP contribution is 2.35. The van der Waals surface area contributed by atoms with Gasteiger partial charge in [0.05, 0.1) is 10.5 Å². The summed E-state index contributed by atoms with van der Waals surface area (Å²) in [5, 5.41) is 5.06. The summed E-state index contributed by atoms with van der Waals surface area (Å²) in [5.41, 5.74) is 1.31. The van der Waals surface area contributed by atoms with Gasteiger partial charge in [-0.05, 0) is 29.8 Å². The summed E-state index contributed by atoms with van der Waals surface area (Å²) >= 11 is 3.17. The summed E-state index contributed by atoms with van der Waals surface area (Å²) in [7, 11) is -3.81. The number of carbonyl (C=O) groups excluding carboxylic acids is 1. The van der Waals surface area contributed by atoms with E-state index in [1.807, 2.05) is 0 Å². The Bertz CT molecular complexity index is 968. The van der Waals surface area contributed by atoms with E-state index in [0.717, 1.165) is 0 Å². The van der Waals surface area contributed by atoms with Gasteiger partial charge in [0.2, 0.25) is 10.0 Å². The molecule has 0 fully saturated rings. The summed E-state index contributed by atoms with van der Waals surface area (Å²) in [4.78, 5) is 12.0. The molecule has 0 bridgehead atoms. The topological polar surface area (TPSA) is 86.5 Å². The highest BCUT2D eigenvalue weighted by Gasteiger charge is 2.29. The van der Waals surface area contributed by atoms with Crippen molar-refractivity contribution in [2.45, 2.75) is 4.90 Å². The third-order valence-corrected chi connectivity index (χ3v) is 5.01. The zero-order valence-electron chi connectivity index (χ0n) is 12.1. The van der Waals surface area contributed by atoms with E-state index in [1.165, 1.54) is 36.4 Å². The van der Waals surface area contributed by atoms with Crippen molar-refractivity contribution in [1.29, 1.82) is 0 Å². The Kier molecular flexibility index (Phi) is 4.29. The van der Waals surface area contributed by atoms with Gasteiger partial charge in [-0.1, -0.05) is 34.1 Å². The van der Waals surface area contributed by atoms with E-state index in [2.05, 4.69) is 15.9 Å². The molecule has 124 valence electrons. The number of cyclic esters (lactones) is 1. The number of hydrogen-bond acceptors (Lipinski definition) is 4. The van der Waals surface area contributed by atoms with Crippen LogP contribution in [0.1, 0.15) is 11.1 Å². The van der Waals surface area contributed by atoms with Gasteiger partial charge in [0, 0.05) is 15.6 Å². The Balaban J connectivity index is 2.13. The predicted molar refractivity (Wildman–Crippen MR) is 89.7 cm³/mol. The Hall–Kier alpha value is -2.03. The maximum Gasteiger partial charge on any atom is 0.339 e. The van der Waals surface area contributed by atoms with Crippen molar-refractivity contribution in [3.63, 3.8) is 0 Å². The number of ether oxygens (including phenoxy) is 1. The third-order valence-electron chi connectivity index (χ3n) is 3.59. The molecule has 0 radical (unpaired) electrons. The van der Waals surface area contributed by atoms with Crippen LogP contribution in [0.4, 0.5) is 4.39 Å². The molecule has 2 aromatic carbocycles. The molecule has 0 saturated heterocycles. The zero-order chi connectivity index (χ0) is 17.5. The molecular formula is C16H11BrFNO4S. The van der Waals surface area contributed by atoms with E-state index < -0.39 is 21.8 Å². The van der Waals surface area contributed by atoms with Crippen LogP contribution in [0.2, 0.25) is 0 Å². The minimum absolute atomic E-state index is 0.0155. The summed E-state index contributed by atoms with van der Waals surface area (Å²) in [5.74, 6) is -1.18. The Labute approximate surface area is 146 Å². The van der Waals surface area contributed by atoms with Crippen LogP contribution in [0.5, 0.6) is 0 Å². The molecule has 1 aliphatic heterocycles. The van der Waals surface area contributed by atoms with Crippen molar-refractivity contribution in [3.8, 4) is 0 Å². The monoisotopic (exact) mass is 411 g/mol.